The molecule has 4 nitrogen and oxygen atoms in total. The highest BCUT2D eigenvalue weighted by molar-refractivity contribution is 6.02. The van der Waals surface area contributed by atoms with Crippen molar-refractivity contribution in [1.29, 1.82) is 0 Å². The molecule has 0 N–H and O–H groups in total. The monoisotopic (exact) mass is 190 g/mol. The van der Waals surface area contributed by atoms with Gasteiger partial charge in [-0.15, -0.1) is 0 Å². The molecule has 14 heavy (non-hydrogen) atoms. The van der Waals surface area contributed by atoms with E-state index in [1.807, 2.05) is 23.9 Å². The predicted molar refractivity (Wildman–Crippen MR) is 52.1 cm³/mol. The summed E-state index contributed by atoms with van der Waals surface area (Å²) in [7, 11) is 3.26. The lowest BCUT2D eigenvalue weighted by atomic mass is 10.2. The summed E-state index contributed by atoms with van der Waals surface area (Å²) in [6, 6.07) is 3.52. The highest BCUT2D eigenvalue weighted by Crippen LogP contribution is 2.17. The summed E-state index contributed by atoms with van der Waals surface area (Å²) in [5.41, 5.74) is 1.34. The Bertz CT molecular complexity index is 488. The average molecular weight is 190 g/mol. The summed E-state index contributed by atoms with van der Waals surface area (Å²) in [6.45, 7) is 0. The molecule has 0 spiro atoms. The van der Waals surface area contributed by atoms with Gasteiger partial charge in [-0.1, -0.05) is 0 Å². The zero-order chi connectivity index (χ0) is 10.1. The standard InChI is InChI=1S/C10H10N2O2/c1-12-6-4-7-8(10(13)14-2)3-5-11-9(7)12/h3-6H,1-2H3. The van der Waals surface area contributed by atoms with Crippen molar-refractivity contribution in [1.82, 2.24) is 9.55 Å². The summed E-state index contributed by atoms with van der Waals surface area (Å²) in [6.07, 6.45) is 3.47. The molecule has 0 aliphatic heterocycles. The molecule has 72 valence electrons. The van der Waals surface area contributed by atoms with Gasteiger partial charge in [-0.3, -0.25) is 0 Å². The molecule has 0 unspecified atom stereocenters. The Morgan fingerprint density at radius 1 is 1.50 bits per heavy atom. The van der Waals surface area contributed by atoms with Crippen LogP contribution < -0.4 is 0 Å². The summed E-state index contributed by atoms with van der Waals surface area (Å²) >= 11 is 0. The lowest BCUT2D eigenvalue weighted by Gasteiger charge is -2.00. The first kappa shape index (κ1) is 8.74. The first-order valence-corrected chi connectivity index (χ1v) is 4.22. The van der Waals surface area contributed by atoms with Crippen LogP contribution in [0.1, 0.15) is 10.4 Å². The Kier molecular flexibility index (Phi) is 1.96. The highest BCUT2D eigenvalue weighted by atomic mass is 16.5. The normalized spacial score (nSPS) is 10.4. The molecule has 0 aliphatic rings. The lowest BCUT2D eigenvalue weighted by molar-refractivity contribution is 0.0603. The molecule has 0 aromatic carbocycles. The van der Waals surface area contributed by atoms with E-state index in [0.717, 1.165) is 11.0 Å². The number of carbonyl (C=O) groups excluding carboxylic acids is 1. The van der Waals surface area contributed by atoms with Crippen LogP contribution in [0, 0.1) is 0 Å². The van der Waals surface area contributed by atoms with Crippen LogP contribution in [0.3, 0.4) is 0 Å². The van der Waals surface area contributed by atoms with Crippen LogP contribution in [0.2, 0.25) is 0 Å². The van der Waals surface area contributed by atoms with Crippen molar-refractivity contribution in [3.8, 4) is 0 Å². The van der Waals surface area contributed by atoms with Gasteiger partial charge in [-0.2, -0.15) is 0 Å². The largest absolute Gasteiger partial charge is 0.465 e. The van der Waals surface area contributed by atoms with E-state index >= 15 is 0 Å². The number of hydrogen-bond acceptors (Lipinski definition) is 3. The zero-order valence-corrected chi connectivity index (χ0v) is 8.02. The van der Waals surface area contributed by atoms with Crippen LogP contribution in [0.5, 0.6) is 0 Å². The molecule has 0 radical (unpaired) electrons. The van der Waals surface area contributed by atoms with Gasteiger partial charge in [0.1, 0.15) is 5.65 Å². The number of ether oxygens (including phenoxy) is 1. The third-order valence-corrected chi connectivity index (χ3v) is 2.17. The molecule has 0 aliphatic carbocycles. The fourth-order valence-electron chi connectivity index (χ4n) is 1.45. The molecule has 0 saturated heterocycles. The number of hydrogen-bond donors (Lipinski definition) is 0. The maximum Gasteiger partial charge on any atom is 0.338 e. The fraction of sp³-hybridized carbons (Fsp3) is 0.200. The van der Waals surface area contributed by atoms with Crippen LogP contribution in [-0.4, -0.2) is 22.6 Å². The van der Waals surface area contributed by atoms with E-state index in [1.165, 1.54) is 7.11 Å². The van der Waals surface area contributed by atoms with Gasteiger partial charge in [-0.05, 0) is 12.1 Å². The Hall–Kier alpha value is -1.84. The third kappa shape index (κ3) is 1.16. The molecule has 2 rings (SSSR count). The van der Waals surface area contributed by atoms with Crippen molar-refractivity contribution < 1.29 is 9.53 Å². The van der Waals surface area contributed by atoms with Crippen LogP contribution >= 0.6 is 0 Å². The molecule has 2 heterocycles. The SMILES string of the molecule is COC(=O)c1ccnc2c1ccn2C. The third-order valence-electron chi connectivity index (χ3n) is 2.17. The Morgan fingerprint density at radius 3 is 3.00 bits per heavy atom. The topological polar surface area (TPSA) is 44.1 Å². The van der Waals surface area contributed by atoms with Gasteiger partial charge in [0.15, 0.2) is 0 Å². The number of aromatic nitrogens is 2. The summed E-state index contributed by atoms with van der Waals surface area (Å²) in [5.74, 6) is -0.330. The lowest BCUT2D eigenvalue weighted by Crippen LogP contribution is -2.02. The van der Waals surface area contributed by atoms with Crippen molar-refractivity contribution in [2.45, 2.75) is 0 Å². The predicted octanol–water partition coefficient (Wildman–Crippen LogP) is 1.36. The molecular formula is C10H10N2O2. The van der Waals surface area contributed by atoms with Gasteiger partial charge in [0.2, 0.25) is 0 Å². The van der Waals surface area contributed by atoms with Crippen molar-refractivity contribution in [3.63, 3.8) is 0 Å². The molecular weight excluding hydrogens is 180 g/mol. The number of esters is 1. The molecule has 2 aromatic heterocycles. The van der Waals surface area contributed by atoms with E-state index in [4.69, 9.17) is 0 Å². The van der Waals surface area contributed by atoms with E-state index in [-0.39, 0.29) is 5.97 Å². The minimum absolute atomic E-state index is 0.330. The van der Waals surface area contributed by atoms with Crippen molar-refractivity contribution in [2.24, 2.45) is 7.05 Å². The number of methoxy groups -OCH3 is 1. The molecule has 2 aromatic rings. The summed E-state index contributed by atoms with van der Waals surface area (Å²) in [4.78, 5) is 15.6. The first-order valence-electron chi connectivity index (χ1n) is 4.22. The molecule has 0 atom stereocenters. The first-order chi connectivity index (χ1) is 6.74. The average Bonchev–Trinajstić information content (AvgIpc) is 2.59. The fourth-order valence-corrected chi connectivity index (χ4v) is 1.45. The minimum atomic E-state index is -0.330. The number of carbonyl (C=O) groups is 1. The van der Waals surface area contributed by atoms with Crippen LogP contribution in [0.4, 0.5) is 0 Å². The van der Waals surface area contributed by atoms with E-state index in [0.29, 0.717) is 5.56 Å². The summed E-state index contributed by atoms with van der Waals surface area (Å²) in [5, 5.41) is 0.821. The van der Waals surface area contributed by atoms with Gasteiger partial charge >= 0.3 is 5.97 Å². The van der Waals surface area contributed by atoms with E-state index < -0.39 is 0 Å². The van der Waals surface area contributed by atoms with Crippen LogP contribution in [0.15, 0.2) is 24.5 Å². The van der Waals surface area contributed by atoms with Gasteiger partial charge in [0.05, 0.1) is 12.7 Å². The maximum atomic E-state index is 11.4. The van der Waals surface area contributed by atoms with Crippen LogP contribution in [0.25, 0.3) is 11.0 Å². The molecule has 0 bridgehead atoms. The minimum Gasteiger partial charge on any atom is -0.465 e. The quantitative estimate of drug-likeness (QED) is 0.638. The second-order valence-corrected chi connectivity index (χ2v) is 3.01. The number of fused-ring (bicyclic) bond motifs is 1. The Balaban J connectivity index is 2.71. The van der Waals surface area contributed by atoms with Gasteiger partial charge < -0.3 is 9.30 Å². The molecule has 0 saturated carbocycles. The van der Waals surface area contributed by atoms with E-state index in [2.05, 4.69) is 9.72 Å². The zero-order valence-electron chi connectivity index (χ0n) is 8.02. The number of pyridine rings is 1. The molecule has 0 fully saturated rings. The number of nitrogens with zero attached hydrogens (tertiary/aromatic N) is 2. The Labute approximate surface area is 81.1 Å². The van der Waals surface area contributed by atoms with Crippen LogP contribution in [-0.2, 0) is 11.8 Å². The van der Waals surface area contributed by atoms with Gasteiger partial charge in [0, 0.05) is 24.8 Å². The van der Waals surface area contributed by atoms with Gasteiger partial charge in [-0.25, -0.2) is 9.78 Å². The molecule has 4 heteroatoms. The second-order valence-electron chi connectivity index (χ2n) is 3.01. The smallest absolute Gasteiger partial charge is 0.338 e. The highest BCUT2D eigenvalue weighted by Gasteiger charge is 2.11. The number of aryl methyl sites for hydroxylation is 1. The van der Waals surface area contributed by atoms with Crippen molar-refractivity contribution >= 4 is 17.0 Å². The van der Waals surface area contributed by atoms with E-state index in [1.54, 1.807) is 12.3 Å². The Morgan fingerprint density at radius 2 is 2.29 bits per heavy atom. The van der Waals surface area contributed by atoms with Crippen molar-refractivity contribution in [2.75, 3.05) is 7.11 Å². The second kappa shape index (κ2) is 3.14. The summed E-state index contributed by atoms with van der Waals surface area (Å²) < 4.78 is 6.54. The molecule has 0 amide bonds. The van der Waals surface area contributed by atoms with E-state index in [9.17, 15) is 4.79 Å². The van der Waals surface area contributed by atoms with Crippen molar-refractivity contribution in [3.05, 3.63) is 30.1 Å². The number of rotatable bonds is 1. The maximum absolute atomic E-state index is 11.4. The van der Waals surface area contributed by atoms with Gasteiger partial charge in [0.25, 0.3) is 0 Å².